The van der Waals surface area contributed by atoms with Gasteiger partial charge in [0.1, 0.15) is 15.8 Å². The van der Waals surface area contributed by atoms with Crippen LogP contribution >= 0.6 is 24.0 Å². The average Bonchev–Trinajstić information content (AvgIpc) is 3.15. The van der Waals surface area contributed by atoms with E-state index in [1.54, 1.807) is 9.80 Å². The normalized spacial score (nSPS) is 25.7. The molecular weight excluding hydrogens is 529 g/mol. The molecule has 3 fully saturated rings. The fourth-order valence-corrected chi connectivity index (χ4v) is 7.97. The highest BCUT2D eigenvalue weighted by Gasteiger charge is 2.38. The largest absolute Gasteiger partial charge is 0.464 e. The number of hydrogen-bond donors (Lipinski definition) is 0. The second-order valence-electron chi connectivity index (χ2n) is 10.0. The van der Waals surface area contributed by atoms with Gasteiger partial charge in [-0.25, -0.2) is 8.42 Å². The van der Waals surface area contributed by atoms with Crippen LogP contribution in [0.15, 0.2) is 51.8 Å². The first-order chi connectivity index (χ1) is 17.7. The van der Waals surface area contributed by atoms with Crippen molar-refractivity contribution in [2.45, 2.75) is 51.1 Å². The van der Waals surface area contributed by atoms with Crippen molar-refractivity contribution in [3.05, 3.63) is 64.5 Å². The van der Waals surface area contributed by atoms with Crippen LogP contribution in [-0.4, -0.2) is 58.4 Å². The van der Waals surface area contributed by atoms with Gasteiger partial charge in [0, 0.05) is 24.9 Å². The van der Waals surface area contributed by atoms with Gasteiger partial charge in [0.05, 0.1) is 23.0 Å². The molecule has 0 spiro atoms. The number of amides is 2. The Bertz CT molecular complexity index is 1330. The standard InChI is InChI=1S/C27H30N2O5S3/c1-18-14-22(18)23-10-9-21(34-23)16-29(20-11-13-37(32,33)17-20)25(30)8-5-12-28-26(31)24(36-27(28)35)15-19-6-3-2-4-7-19/h2-4,6-7,9-10,15,18,20,22H,5,8,11-14,16-17H2,1H3/b24-15-. The van der Waals surface area contributed by atoms with Gasteiger partial charge >= 0.3 is 0 Å². The van der Waals surface area contributed by atoms with Crippen LogP contribution < -0.4 is 0 Å². The molecule has 0 radical (unpaired) electrons. The second kappa shape index (κ2) is 10.7. The molecule has 2 aromatic rings. The second-order valence-corrected chi connectivity index (χ2v) is 14.0. The molecule has 2 amide bonds. The molecule has 1 aliphatic carbocycles. The Morgan fingerprint density at radius 2 is 2.00 bits per heavy atom. The highest BCUT2D eigenvalue weighted by atomic mass is 32.2. The number of carbonyl (C=O) groups is 2. The minimum absolute atomic E-state index is 0.0229. The molecule has 10 heteroatoms. The van der Waals surface area contributed by atoms with Crippen LogP contribution in [0.25, 0.3) is 6.08 Å². The Hall–Kier alpha value is -2.43. The van der Waals surface area contributed by atoms with Crippen LogP contribution in [0.1, 0.15) is 55.6 Å². The SMILES string of the molecule is CC1CC1c1ccc(CN(C(=O)CCCN2C(=O)/C(=C/c3ccccc3)SC2=S)C2CCS(=O)(=O)C2)o1. The third kappa shape index (κ3) is 6.18. The van der Waals surface area contributed by atoms with Gasteiger partial charge in [-0.05, 0) is 49.0 Å². The van der Waals surface area contributed by atoms with Crippen molar-refractivity contribution < 1.29 is 22.4 Å². The maximum atomic E-state index is 13.3. The zero-order valence-corrected chi connectivity index (χ0v) is 23.1. The van der Waals surface area contributed by atoms with Crippen LogP contribution in [-0.2, 0) is 26.0 Å². The summed E-state index contributed by atoms with van der Waals surface area (Å²) in [5, 5.41) is 0. The molecule has 3 atom stereocenters. The molecule has 3 aliphatic rings. The lowest BCUT2D eigenvalue weighted by Gasteiger charge is -2.28. The van der Waals surface area contributed by atoms with E-state index in [9.17, 15) is 18.0 Å². The number of benzene rings is 1. The zero-order valence-electron chi connectivity index (χ0n) is 20.7. The molecule has 3 heterocycles. The van der Waals surface area contributed by atoms with Gasteiger partial charge in [-0.3, -0.25) is 14.5 Å². The summed E-state index contributed by atoms with van der Waals surface area (Å²) in [7, 11) is -3.16. The molecule has 7 nitrogen and oxygen atoms in total. The van der Waals surface area contributed by atoms with Crippen LogP contribution in [0.3, 0.4) is 0 Å². The number of nitrogens with zero attached hydrogens (tertiary/aromatic N) is 2. The van der Waals surface area contributed by atoms with E-state index in [0.717, 1.165) is 17.7 Å². The van der Waals surface area contributed by atoms with Crippen molar-refractivity contribution in [1.29, 1.82) is 0 Å². The number of carbonyl (C=O) groups excluding carboxylic acids is 2. The predicted molar refractivity (Wildman–Crippen MR) is 148 cm³/mol. The Labute approximate surface area is 227 Å². The van der Waals surface area contributed by atoms with Crippen molar-refractivity contribution in [1.82, 2.24) is 9.80 Å². The number of hydrogen-bond acceptors (Lipinski definition) is 7. The predicted octanol–water partition coefficient (Wildman–Crippen LogP) is 4.60. The van der Waals surface area contributed by atoms with Gasteiger partial charge in [-0.15, -0.1) is 0 Å². The maximum Gasteiger partial charge on any atom is 0.266 e. The van der Waals surface area contributed by atoms with Crippen LogP contribution in [0, 0.1) is 5.92 Å². The van der Waals surface area contributed by atoms with Crippen molar-refractivity contribution in [2.24, 2.45) is 5.92 Å². The van der Waals surface area contributed by atoms with E-state index in [2.05, 4.69) is 6.92 Å². The lowest BCUT2D eigenvalue weighted by molar-refractivity contribution is -0.134. The first-order valence-corrected chi connectivity index (χ1v) is 15.6. The highest BCUT2D eigenvalue weighted by Crippen LogP contribution is 2.47. The summed E-state index contributed by atoms with van der Waals surface area (Å²) in [6, 6.07) is 13.1. The van der Waals surface area contributed by atoms with Gasteiger partial charge in [0.2, 0.25) is 5.91 Å². The van der Waals surface area contributed by atoms with Gasteiger partial charge in [0.15, 0.2) is 9.84 Å². The quantitative estimate of drug-likeness (QED) is 0.328. The fraction of sp³-hybridized carbons (Fsp3) is 0.444. The molecule has 0 bridgehead atoms. The molecule has 1 aromatic carbocycles. The third-order valence-corrected chi connectivity index (χ3v) is 10.3. The summed E-state index contributed by atoms with van der Waals surface area (Å²) < 4.78 is 30.8. The average molecular weight is 559 g/mol. The fourth-order valence-electron chi connectivity index (χ4n) is 4.93. The molecule has 1 aromatic heterocycles. The molecule has 3 unspecified atom stereocenters. The number of thiocarbonyl (C=S) groups is 1. The van der Waals surface area contributed by atoms with E-state index >= 15 is 0 Å². The smallest absolute Gasteiger partial charge is 0.266 e. The molecule has 196 valence electrons. The Morgan fingerprint density at radius 1 is 1.24 bits per heavy atom. The third-order valence-electron chi connectivity index (χ3n) is 7.20. The molecule has 37 heavy (non-hydrogen) atoms. The van der Waals surface area contributed by atoms with E-state index in [1.165, 1.54) is 11.8 Å². The molecule has 0 N–H and O–H groups in total. The zero-order chi connectivity index (χ0) is 26.2. The van der Waals surface area contributed by atoms with Crippen LogP contribution in [0.4, 0.5) is 0 Å². The molecular formula is C27H30N2O5S3. The van der Waals surface area contributed by atoms with Crippen LogP contribution in [0.2, 0.25) is 0 Å². The van der Waals surface area contributed by atoms with Gasteiger partial charge < -0.3 is 9.32 Å². The minimum atomic E-state index is -3.16. The molecule has 5 rings (SSSR count). The number of sulfone groups is 1. The first kappa shape index (κ1) is 26.2. The van der Waals surface area contributed by atoms with E-state index in [0.29, 0.717) is 46.2 Å². The van der Waals surface area contributed by atoms with Gasteiger partial charge in [0.25, 0.3) is 5.91 Å². The van der Waals surface area contributed by atoms with Gasteiger partial charge in [-0.2, -0.15) is 0 Å². The Kier molecular flexibility index (Phi) is 7.60. The highest BCUT2D eigenvalue weighted by molar-refractivity contribution is 8.26. The van der Waals surface area contributed by atoms with Crippen molar-refractivity contribution in [2.75, 3.05) is 18.1 Å². The minimum Gasteiger partial charge on any atom is -0.464 e. The number of thioether (sulfide) groups is 1. The Morgan fingerprint density at radius 3 is 2.68 bits per heavy atom. The monoisotopic (exact) mass is 558 g/mol. The van der Waals surface area contributed by atoms with Crippen molar-refractivity contribution in [3.8, 4) is 0 Å². The van der Waals surface area contributed by atoms with Crippen molar-refractivity contribution in [3.63, 3.8) is 0 Å². The van der Waals surface area contributed by atoms with E-state index < -0.39 is 9.84 Å². The van der Waals surface area contributed by atoms with Crippen molar-refractivity contribution >= 4 is 56.0 Å². The molecule has 2 saturated heterocycles. The van der Waals surface area contributed by atoms with E-state index in [4.69, 9.17) is 16.6 Å². The summed E-state index contributed by atoms with van der Waals surface area (Å²) in [4.78, 5) is 30.0. The van der Waals surface area contributed by atoms with Crippen LogP contribution in [0.5, 0.6) is 0 Å². The first-order valence-electron chi connectivity index (χ1n) is 12.6. The lowest BCUT2D eigenvalue weighted by atomic mass is 10.1. The maximum absolute atomic E-state index is 13.3. The summed E-state index contributed by atoms with van der Waals surface area (Å²) in [5.74, 6) is 2.44. The summed E-state index contributed by atoms with van der Waals surface area (Å²) in [6.45, 7) is 2.77. The van der Waals surface area contributed by atoms with E-state index in [-0.39, 0.29) is 42.3 Å². The summed E-state index contributed by atoms with van der Waals surface area (Å²) in [5.41, 5.74) is 0.928. The lowest BCUT2D eigenvalue weighted by Crippen LogP contribution is -2.41. The summed E-state index contributed by atoms with van der Waals surface area (Å²) >= 11 is 6.70. The Balaban J connectivity index is 1.21. The van der Waals surface area contributed by atoms with Gasteiger partial charge in [-0.1, -0.05) is 61.2 Å². The molecule has 2 aliphatic heterocycles. The number of furan rings is 1. The van der Waals surface area contributed by atoms with E-state index in [1.807, 2.05) is 48.5 Å². The molecule has 1 saturated carbocycles. The number of rotatable bonds is 9. The topological polar surface area (TPSA) is 87.9 Å². The summed E-state index contributed by atoms with van der Waals surface area (Å²) in [6.07, 6.45) is 3.99.